The number of hydrogen-bond donors (Lipinski definition) is 1. The highest BCUT2D eigenvalue weighted by molar-refractivity contribution is 7.47. The second-order valence-corrected chi connectivity index (χ2v) is 22.8. The Kier molecular flexibility index (Phi) is 58.1. The Morgan fingerprint density at radius 1 is 0.369 bits per heavy atom. The van der Waals surface area contributed by atoms with Gasteiger partial charge in [0.15, 0.2) is 6.10 Å². The number of unbranched alkanes of at least 4 members (excludes halogenated alkanes) is 7. The third-order valence-electron chi connectivity index (χ3n) is 12.3. The number of esters is 2. The Bertz CT molecular complexity index is 2170. The van der Waals surface area contributed by atoms with Crippen LogP contribution in [0, 0.1) is 0 Å². The zero-order valence-corrected chi connectivity index (χ0v) is 53.9. The van der Waals surface area contributed by atoms with Crippen molar-refractivity contribution in [2.24, 2.45) is 0 Å². The molecule has 0 aliphatic rings. The fraction of sp³-hybridized carbons (Fsp3) is 0.514. The number of rotatable bonds is 55. The van der Waals surface area contributed by atoms with E-state index in [0.717, 1.165) is 154 Å². The van der Waals surface area contributed by atoms with Gasteiger partial charge in [0.05, 0.1) is 27.7 Å². The Balaban J connectivity index is 4.30. The van der Waals surface area contributed by atoms with Gasteiger partial charge in [-0.15, -0.1) is 0 Å². The Morgan fingerprint density at radius 2 is 0.643 bits per heavy atom. The van der Waals surface area contributed by atoms with Crippen molar-refractivity contribution in [2.45, 2.75) is 200 Å². The summed E-state index contributed by atoms with van der Waals surface area (Å²) < 4.78 is 34.5. The van der Waals surface area contributed by atoms with E-state index < -0.39 is 32.5 Å². The number of likely N-dealkylation sites (N-methyl/N-ethyl adjacent to an activating group) is 1. The van der Waals surface area contributed by atoms with Crippen molar-refractivity contribution in [1.82, 2.24) is 0 Å². The fourth-order valence-corrected chi connectivity index (χ4v) is 8.23. The van der Waals surface area contributed by atoms with Crippen molar-refractivity contribution in [3.8, 4) is 0 Å². The van der Waals surface area contributed by atoms with Crippen LogP contribution < -0.4 is 0 Å². The highest BCUT2D eigenvalue weighted by atomic mass is 31.2. The second-order valence-electron chi connectivity index (χ2n) is 21.3. The first-order valence-electron chi connectivity index (χ1n) is 31.8. The van der Waals surface area contributed by atoms with E-state index in [-0.39, 0.29) is 26.1 Å². The standard InChI is InChI=1S/C74H114NO8P/c1-6-8-10-12-14-16-18-20-22-24-26-28-29-30-31-32-33-34-35-36-37-38-39-40-41-42-43-44-45-47-49-51-53-55-57-59-61-63-65-67-74(77)83-72(71-82-84(78,79)81-69-68-75(3,4)5)70-80-73(76)66-64-62-60-58-56-54-52-50-48-46-27-25-23-21-19-17-15-13-11-9-7-2/h8-11,14-17,20-23,26-28,30-31,33-34,36-37,39-40,42-43,45-47,50-53,57,59,72H,6-7,12-13,18-19,24-25,29,32,35,38,41,44,48-49,54-56,58,60-71H2,1-5H3/p+1/b10-8-,11-9-,16-14-,17-15-,22-20-,23-21-,28-26-,31-30-,34-33-,37-36-,40-39-,43-42-,46-27-,47-45-,52-50-,53-51-,59-57-. The van der Waals surface area contributed by atoms with E-state index >= 15 is 0 Å². The molecule has 0 bridgehead atoms. The second kappa shape index (κ2) is 62.1. The fourth-order valence-electron chi connectivity index (χ4n) is 7.49. The molecule has 0 heterocycles. The number of nitrogens with zero attached hydrogens (tertiary/aromatic N) is 1. The van der Waals surface area contributed by atoms with E-state index in [1.54, 1.807) is 0 Å². The van der Waals surface area contributed by atoms with Crippen molar-refractivity contribution >= 4 is 19.8 Å². The summed E-state index contributed by atoms with van der Waals surface area (Å²) in [7, 11) is 1.40. The van der Waals surface area contributed by atoms with Crippen LogP contribution in [0.5, 0.6) is 0 Å². The summed E-state index contributed by atoms with van der Waals surface area (Å²) in [6, 6.07) is 0. The number of carbonyl (C=O) groups excluding carboxylic acids is 2. The topological polar surface area (TPSA) is 108 Å². The van der Waals surface area contributed by atoms with E-state index in [0.29, 0.717) is 23.9 Å². The zero-order valence-electron chi connectivity index (χ0n) is 53.0. The van der Waals surface area contributed by atoms with Crippen molar-refractivity contribution in [1.29, 1.82) is 0 Å². The minimum Gasteiger partial charge on any atom is -0.462 e. The predicted molar refractivity (Wildman–Crippen MR) is 361 cm³/mol. The Hall–Kier alpha value is -5.41. The maximum absolute atomic E-state index is 12.8. The van der Waals surface area contributed by atoms with Gasteiger partial charge in [0.2, 0.25) is 0 Å². The Labute approximate surface area is 513 Å². The molecule has 0 aromatic rings. The molecule has 0 fully saturated rings. The molecule has 2 unspecified atom stereocenters. The Morgan fingerprint density at radius 3 is 0.976 bits per heavy atom. The molecule has 0 aromatic heterocycles. The normalized spacial score (nSPS) is 14.6. The molecule has 0 saturated heterocycles. The van der Waals surface area contributed by atoms with Gasteiger partial charge < -0.3 is 18.9 Å². The number of allylic oxidation sites excluding steroid dienone is 34. The van der Waals surface area contributed by atoms with Gasteiger partial charge in [-0.2, -0.15) is 0 Å². The molecule has 0 aromatic carbocycles. The minimum absolute atomic E-state index is 0.00693. The molecule has 2 atom stereocenters. The molecule has 468 valence electrons. The lowest BCUT2D eigenvalue weighted by atomic mass is 10.1. The van der Waals surface area contributed by atoms with Gasteiger partial charge in [0.1, 0.15) is 19.8 Å². The smallest absolute Gasteiger partial charge is 0.462 e. The summed E-state index contributed by atoms with van der Waals surface area (Å²) in [4.78, 5) is 35.7. The first-order valence-corrected chi connectivity index (χ1v) is 33.3. The van der Waals surface area contributed by atoms with E-state index in [1.807, 2.05) is 21.1 Å². The van der Waals surface area contributed by atoms with Gasteiger partial charge in [-0.05, 0) is 148 Å². The average Bonchev–Trinajstić information content (AvgIpc) is 3.61. The molecular formula is C74H115NO8P+. The summed E-state index contributed by atoms with van der Waals surface area (Å²) in [6.45, 7) is 4.09. The third kappa shape index (κ3) is 65.7. The number of carbonyl (C=O) groups is 2. The highest BCUT2D eigenvalue weighted by Crippen LogP contribution is 2.43. The number of hydrogen-bond acceptors (Lipinski definition) is 7. The van der Waals surface area contributed by atoms with Crippen LogP contribution in [0.3, 0.4) is 0 Å². The maximum Gasteiger partial charge on any atom is 0.472 e. The van der Waals surface area contributed by atoms with Crippen molar-refractivity contribution in [3.63, 3.8) is 0 Å². The highest BCUT2D eigenvalue weighted by Gasteiger charge is 2.27. The van der Waals surface area contributed by atoms with E-state index in [1.165, 1.54) is 0 Å². The van der Waals surface area contributed by atoms with Crippen LogP contribution in [0.4, 0.5) is 0 Å². The van der Waals surface area contributed by atoms with Crippen molar-refractivity contribution < 1.29 is 42.1 Å². The molecule has 10 heteroatoms. The van der Waals surface area contributed by atoms with E-state index in [2.05, 4.69) is 220 Å². The molecule has 0 aliphatic carbocycles. The van der Waals surface area contributed by atoms with Crippen LogP contribution in [-0.4, -0.2) is 74.9 Å². The molecule has 0 aliphatic heterocycles. The SMILES string of the molecule is CC/C=C\C/C=C\C/C=C\C/C=C\C/C=C\C/C=C\C/C=C\C/C=C\C/C=C\C/C=C\C/C=C\C/C=C\CCCCC(=O)OC(COC(=O)CCCCCCC/C=C\C/C=C\C/C=C\C/C=C\C/C=C\CC)COP(=O)(O)OCC[N+](C)(C)C. The van der Waals surface area contributed by atoms with Crippen LogP contribution in [-0.2, 0) is 32.7 Å². The van der Waals surface area contributed by atoms with Crippen molar-refractivity contribution in [3.05, 3.63) is 207 Å². The van der Waals surface area contributed by atoms with Crippen LogP contribution in [0.2, 0.25) is 0 Å². The van der Waals surface area contributed by atoms with E-state index in [9.17, 15) is 19.0 Å². The molecule has 0 rings (SSSR count). The minimum atomic E-state index is -4.42. The predicted octanol–water partition coefficient (Wildman–Crippen LogP) is 20.7. The van der Waals surface area contributed by atoms with Gasteiger partial charge in [-0.1, -0.05) is 240 Å². The van der Waals surface area contributed by atoms with Crippen LogP contribution in [0.15, 0.2) is 207 Å². The van der Waals surface area contributed by atoms with Crippen LogP contribution in [0.1, 0.15) is 194 Å². The number of phosphoric acid groups is 1. The lowest BCUT2D eigenvalue weighted by molar-refractivity contribution is -0.870. The largest absolute Gasteiger partial charge is 0.472 e. The third-order valence-corrected chi connectivity index (χ3v) is 13.3. The van der Waals surface area contributed by atoms with Crippen LogP contribution >= 0.6 is 7.82 Å². The van der Waals surface area contributed by atoms with Gasteiger partial charge in [0.25, 0.3) is 0 Å². The average molecular weight is 1180 g/mol. The number of quaternary nitrogens is 1. The first kappa shape index (κ1) is 78.6. The number of phosphoric ester groups is 1. The molecule has 1 N–H and O–H groups in total. The lowest BCUT2D eigenvalue weighted by Gasteiger charge is -2.24. The maximum atomic E-state index is 12.8. The quantitative estimate of drug-likeness (QED) is 0.0211. The van der Waals surface area contributed by atoms with Gasteiger partial charge in [-0.25, -0.2) is 4.57 Å². The summed E-state index contributed by atoms with van der Waals surface area (Å²) in [5.41, 5.74) is 0. The summed E-state index contributed by atoms with van der Waals surface area (Å²) in [5, 5.41) is 0. The zero-order chi connectivity index (χ0) is 61.2. The van der Waals surface area contributed by atoms with Gasteiger partial charge >= 0.3 is 19.8 Å². The molecule has 9 nitrogen and oxygen atoms in total. The molecular weight excluding hydrogens is 1060 g/mol. The summed E-state index contributed by atoms with van der Waals surface area (Å²) >= 11 is 0. The monoisotopic (exact) mass is 1180 g/mol. The number of ether oxygens (including phenoxy) is 2. The van der Waals surface area contributed by atoms with Crippen LogP contribution in [0.25, 0.3) is 0 Å². The molecule has 0 radical (unpaired) electrons. The lowest BCUT2D eigenvalue weighted by Crippen LogP contribution is -2.37. The molecule has 0 spiro atoms. The summed E-state index contributed by atoms with van der Waals surface area (Å²) in [5.74, 6) is -0.891. The van der Waals surface area contributed by atoms with Gasteiger partial charge in [-0.3, -0.25) is 18.6 Å². The molecule has 0 amide bonds. The van der Waals surface area contributed by atoms with E-state index in [4.69, 9.17) is 18.5 Å². The van der Waals surface area contributed by atoms with Crippen molar-refractivity contribution in [2.75, 3.05) is 47.5 Å². The molecule has 84 heavy (non-hydrogen) atoms. The molecule has 0 saturated carbocycles. The van der Waals surface area contributed by atoms with Gasteiger partial charge in [0, 0.05) is 12.8 Å². The summed E-state index contributed by atoms with van der Waals surface area (Å²) in [6.07, 6.45) is 99.1. The first-order chi connectivity index (χ1) is 41.0.